The Balaban J connectivity index is 3.09. The van der Waals surface area contributed by atoms with Gasteiger partial charge in [-0.15, -0.1) is 0 Å². The zero-order valence-electron chi connectivity index (χ0n) is 9.87. The van der Waals surface area contributed by atoms with Gasteiger partial charge < -0.3 is 5.32 Å². The van der Waals surface area contributed by atoms with Crippen molar-refractivity contribution >= 4 is 21.6 Å². The van der Waals surface area contributed by atoms with Crippen molar-refractivity contribution in [2.45, 2.75) is 39.2 Å². The minimum Gasteiger partial charge on any atom is -0.380 e. The van der Waals surface area contributed by atoms with E-state index in [0.717, 1.165) is 6.92 Å². The Bertz CT molecular complexity index is 378. The fourth-order valence-corrected chi connectivity index (χ4v) is 1.84. The van der Waals surface area contributed by atoms with Crippen LogP contribution in [-0.4, -0.2) is 5.54 Å². The van der Waals surface area contributed by atoms with Crippen LogP contribution in [0.2, 0.25) is 0 Å². The molecule has 0 unspecified atom stereocenters. The molecule has 0 aliphatic rings. The van der Waals surface area contributed by atoms with E-state index in [2.05, 4.69) is 21.2 Å². The van der Waals surface area contributed by atoms with Gasteiger partial charge in [-0.1, -0.05) is 15.9 Å². The summed E-state index contributed by atoms with van der Waals surface area (Å²) in [5.74, 6) is -2.82. The highest BCUT2D eigenvalue weighted by Crippen LogP contribution is 2.32. The molecule has 0 radical (unpaired) electrons. The summed E-state index contributed by atoms with van der Waals surface area (Å²) >= 11 is 3.24. The lowest BCUT2D eigenvalue weighted by atomic mass is 10.1. The van der Waals surface area contributed by atoms with Gasteiger partial charge in [0.1, 0.15) is 0 Å². The molecule has 0 saturated carbocycles. The molecule has 0 spiro atoms. The second-order valence-corrected chi connectivity index (χ2v) is 5.91. The summed E-state index contributed by atoms with van der Waals surface area (Å²) in [7, 11) is 0. The number of nitrogens with one attached hydrogen (secondary N) is 1. The maximum Gasteiger partial charge on any atom is 0.270 e. The second-order valence-electron chi connectivity index (χ2n) is 4.99. The molecule has 4 heteroatoms. The SMILES string of the molecule is CC(C)(C)Nc1cc(Br)cc(C(C)(F)F)c1. The van der Waals surface area contributed by atoms with Crippen LogP contribution >= 0.6 is 15.9 Å². The molecule has 0 aliphatic carbocycles. The summed E-state index contributed by atoms with van der Waals surface area (Å²) in [6, 6.07) is 4.71. The number of benzene rings is 1. The van der Waals surface area contributed by atoms with E-state index in [-0.39, 0.29) is 11.1 Å². The predicted molar refractivity (Wildman–Crippen MR) is 67.1 cm³/mol. The molecule has 0 bridgehead atoms. The molecule has 1 aromatic rings. The maximum absolute atomic E-state index is 13.2. The number of alkyl halides is 2. The van der Waals surface area contributed by atoms with Crippen molar-refractivity contribution in [1.82, 2.24) is 0 Å². The van der Waals surface area contributed by atoms with Crippen molar-refractivity contribution in [2.24, 2.45) is 0 Å². The number of anilines is 1. The van der Waals surface area contributed by atoms with Crippen LogP contribution in [0.15, 0.2) is 22.7 Å². The van der Waals surface area contributed by atoms with Crippen molar-refractivity contribution in [3.05, 3.63) is 28.2 Å². The average molecular weight is 292 g/mol. The molecule has 0 aromatic heterocycles. The van der Waals surface area contributed by atoms with Crippen LogP contribution in [-0.2, 0) is 5.92 Å². The molecule has 1 rings (SSSR count). The number of hydrogen-bond acceptors (Lipinski definition) is 1. The van der Waals surface area contributed by atoms with Crippen LogP contribution in [0, 0.1) is 0 Å². The molecule has 0 atom stereocenters. The molecule has 0 amide bonds. The molecule has 1 nitrogen and oxygen atoms in total. The summed E-state index contributed by atoms with van der Waals surface area (Å²) in [4.78, 5) is 0. The first-order chi connectivity index (χ1) is 7.08. The fraction of sp³-hybridized carbons (Fsp3) is 0.500. The van der Waals surface area contributed by atoms with Gasteiger partial charge in [-0.25, -0.2) is 8.78 Å². The van der Waals surface area contributed by atoms with E-state index in [9.17, 15) is 8.78 Å². The minimum atomic E-state index is -2.82. The van der Waals surface area contributed by atoms with Gasteiger partial charge in [-0.2, -0.15) is 0 Å². The van der Waals surface area contributed by atoms with E-state index in [1.807, 2.05) is 20.8 Å². The van der Waals surface area contributed by atoms with E-state index in [1.54, 1.807) is 6.07 Å². The van der Waals surface area contributed by atoms with Crippen LogP contribution in [0.3, 0.4) is 0 Å². The molecule has 0 fully saturated rings. The zero-order chi connectivity index (χ0) is 12.6. The highest BCUT2D eigenvalue weighted by Gasteiger charge is 2.25. The van der Waals surface area contributed by atoms with Gasteiger partial charge in [0.2, 0.25) is 0 Å². The van der Waals surface area contributed by atoms with Crippen molar-refractivity contribution in [3.63, 3.8) is 0 Å². The zero-order valence-corrected chi connectivity index (χ0v) is 11.5. The highest BCUT2D eigenvalue weighted by molar-refractivity contribution is 9.10. The lowest BCUT2D eigenvalue weighted by Crippen LogP contribution is -2.26. The van der Waals surface area contributed by atoms with Gasteiger partial charge in [-0.05, 0) is 39.0 Å². The predicted octanol–water partition coefficient (Wildman–Crippen LogP) is 4.77. The Morgan fingerprint density at radius 3 is 2.06 bits per heavy atom. The third-order valence-corrected chi connectivity index (χ3v) is 2.38. The first-order valence-corrected chi connectivity index (χ1v) is 5.84. The summed E-state index contributed by atoms with van der Waals surface area (Å²) < 4.78 is 27.0. The first kappa shape index (κ1) is 13.4. The van der Waals surface area contributed by atoms with E-state index in [0.29, 0.717) is 10.2 Å². The van der Waals surface area contributed by atoms with Crippen LogP contribution < -0.4 is 5.32 Å². The molecule has 1 N–H and O–H groups in total. The largest absolute Gasteiger partial charge is 0.380 e. The smallest absolute Gasteiger partial charge is 0.270 e. The van der Waals surface area contributed by atoms with E-state index < -0.39 is 5.92 Å². The summed E-state index contributed by atoms with van der Waals surface area (Å²) in [5, 5.41) is 3.17. The Kier molecular flexibility index (Phi) is 3.62. The topological polar surface area (TPSA) is 12.0 Å². The van der Waals surface area contributed by atoms with Crippen molar-refractivity contribution in [1.29, 1.82) is 0 Å². The lowest BCUT2D eigenvalue weighted by molar-refractivity contribution is 0.0174. The molecule has 1 aromatic carbocycles. The summed E-state index contributed by atoms with van der Waals surface area (Å²) in [6.45, 7) is 6.85. The standard InChI is InChI=1S/C12H16BrF2N/c1-11(2,3)16-10-6-8(12(4,14)15)5-9(13)7-10/h5-7,16H,1-4H3. The quantitative estimate of drug-likeness (QED) is 0.827. The normalized spacial score (nSPS) is 12.7. The molecular weight excluding hydrogens is 276 g/mol. The molecule has 90 valence electrons. The number of rotatable bonds is 2. The monoisotopic (exact) mass is 291 g/mol. The van der Waals surface area contributed by atoms with E-state index in [1.165, 1.54) is 12.1 Å². The maximum atomic E-state index is 13.2. The van der Waals surface area contributed by atoms with E-state index >= 15 is 0 Å². The van der Waals surface area contributed by atoms with Gasteiger partial charge >= 0.3 is 0 Å². The third kappa shape index (κ3) is 4.08. The van der Waals surface area contributed by atoms with Crippen LogP contribution in [0.1, 0.15) is 33.3 Å². The molecule has 0 saturated heterocycles. The first-order valence-electron chi connectivity index (χ1n) is 5.05. The molecule has 0 aliphatic heterocycles. The van der Waals surface area contributed by atoms with Crippen molar-refractivity contribution < 1.29 is 8.78 Å². The molecular formula is C12H16BrF2N. The van der Waals surface area contributed by atoms with Gasteiger partial charge in [0.15, 0.2) is 0 Å². The van der Waals surface area contributed by atoms with Gasteiger partial charge in [0.25, 0.3) is 5.92 Å². The third-order valence-electron chi connectivity index (χ3n) is 1.92. The highest BCUT2D eigenvalue weighted by atomic mass is 79.9. The van der Waals surface area contributed by atoms with Crippen LogP contribution in [0.25, 0.3) is 0 Å². The van der Waals surface area contributed by atoms with Crippen LogP contribution in [0.5, 0.6) is 0 Å². The Labute approximate surface area is 103 Å². The van der Waals surface area contributed by atoms with E-state index in [4.69, 9.17) is 0 Å². The van der Waals surface area contributed by atoms with Gasteiger partial charge in [0.05, 0.1) is 0 Å². The van der Waals surface area contributed by atoms with Crippen molar-refractivity contribution in [3.8, 4) is 0 Å². The number of halogens is 3. The van der Waals surface area contributed by atoms with Crippen LogP contribution in [0.4, 0.5) is 14.5 Å². The summed E-state index contributed by atoms with van der Waals surface area (Å²) in [6.07, 6.45) is 0. The molecule has 16 heavy (non-hydrogen) atoms. The van der Waals surface area contributed by atoms with Crippen molar-refractivity contribution in [2.75, 3.05) is 5.32 Å². The fourth-order valence-electron chi connectivity index (χ4n) is 1.35. The van der Waals surface area contributed by atoms with Gasteiger partial charge in [0, 0.05) is 28.2 Å². The number of hydrogen-bond donors (Lipinski definition) is 1. The minimum absolute atomic E-state index is 0.00799. The second kappa shape index (κ2) is 4.32. The Hall–Kier alpha value is -0.640. The Morgan fingerprint density at radius 2 is 1.62 bits per heavy atom. The van der Waals surface area contributed by atoms with Gasteiger partial charge in [-0.3, -0.25) is 0 Å². The molecule has 0 heterocycles. The lowest BCUT2D eigenvalue weighted by Gasteiger charge is -2.23. The summed E-state index contributed by atoms with van der Waals surface area (Å²) in [5.41, 5.74) is 0.549. The average Bonchev–Trinajstić information content (AvgIpc) is 1.97. The Morgan fingerprint density at radius 1 is 1.06 bits per heavy atom.